The van der Waals surface area contributed by atoms with Gasteiger partial charge in [0.15, 0.2) is 6.10 Å². The van der Waals surface area contributed by atoms with Crippen molar-refractivity contribution in [3.05, 3.63) is 60.8 Å². The predicted molar refractivity (Wildman–Crippen MR) is 302 cm³/mol. The normalized spacial score (nSPS) is 12.4. The number of carbonyl (C=O) groups is 3. The Balaban J connectivity index is 4.36. The van der Waals surface area contributed by atoms with E-state index in [0.29, 0.717) is 19.3 Å². The van der Waals surface area contributed by atoms with Gasteiger partial charge < -0.3 is 14.2 Å². The topological polar surface area (TPSA) is 78.9 Å². The number of esters is 3. The Morgan fingerprint density at radius 2 is 0.557 bits per heavy atom. The molecule has 0 radical (unpaired) electrons. The molecule has 0 saturated heterocycles. The van der Waals surface area contributed by atoms with Gasteiger partial charge in [-0.05, 0) is 83.5 Å². The van der Waals surface area contributed by atoms with Gasteiger partial charge in [0.2, 0.25) is 0 Å². The van der Waals surface area contributed by atoms with E-state index >= 15 is 0 Å². The molecule has 1 unspecified atom stereocenters. The highest BCUT2D eigenvalue weighted by Crippen LogP contribution is 2.17. The van der Waals surface area contributed by atoms with Gasteiger partial charge in [-0.3, -0.25) is 14.4 Å². The minimum Gasteiger partial charge on any atom is -0.462 e. The molecule has 0 bridgehead atoms. The number of ether oxygens (including phenoxy) is 3. The highest BCUT2D eigenvalue weighted by molar-refractivity contribution is 5.71. The van der Waals surface area contributed by atoms with Crippen molar-refractivity contribution in [1.29, 1.82) is 0 Å². The molecule has 6 heteroatoms. The van der Waals surface area contributed by atoms with E-state index in [0.717, 1.165) is 103 Å². The largest absolute Gasteiger partial charge is 0.462 e. The molecule has 0 rings (SSSR count). The number of allylic oxidation sites excluding steroid dienone is 10. The Morgan fingerprint density at radius 3 is 0.900 bits per heavy atom. The number of unbranched alkanes of at least 4 members (excludes halogenated alkanes) is 34. The third-order valence-electron chi connectivity index (χ3n) is 13.3. The zero-order valence-electron chi connectivity index (χ0n) is 46.5. The quantitative estimate of drug-likeness (QED) is 0.0261. The van der Waals surface area contributed by atoms with Gasteiger partial charge >= 0.3 is 17.9 Å². The van der Waals surface area contributed by atoms with Crippen LogP contribution in [0.4, 0.5) is 0 Å². The third-order valence-corrected chi connectivity index (χ3v) is 13.3. The van der Waals surface area contributed by atoms with Gasteiger partial charge in [-0.2, -0.15) is 0 Å². The summed E-state index contributed by atoms with van der Waals surface area (Å²) in [5.74, 6) is -0.889. The summed E-state index contributed by atoms with van der Waals surface area (Å²) in [6.45, 7) is 6.52. The first-order valence-electron chi connectivity index (χ1n) is 30.3. The van der Waals surface area contributed by atoms with Gasteiger partial charge in [0.05, 0.1) is 0 Å². The molecule has 0 aromatic rings. The van der Waals surface area contributed by atoms with Gasteiger partial charge in [0.1, 0.15) is 13.2 Å². The molecule has 1 atom stereocenters. The molecule has 0 fully saturated rings. The molecule has 70 heavy (non-hydrogen) atoms. The standard InChI is InChI=1S/C64H114O6/c1-4-7-10-13-16-19-22-25-28-30-31-32-34-36-39-42-45-48-51-54-57-63(66)69-60-61(59-68-62(65)56-53-50-47-44-41-38-35-27-24-21-18-15-12-9-6-3)70-64(67)58-55-52-49-46-43-40-37-33-29-26-23-20-17-14-11-8-5-2/h8,11,17-18,20-21,26-27,29,35,61H,4-7,9-10,12-16,19,22-25,28,30-34,36-60H2,1-3H3/b11-8-,20-17-,21-18-,29-26-,35-27-. The Labute approximate surface area is 434 Å². The van der Waals surface area contributed by atoms with E-state index < -0.39 is 6.10 Å². The molecule has 0 heterocycles. The molecule has 0 aliphatic heterocycles. The molecule has 0 amide bonds. The molecule has 6 nitrogen and oxygen atoms in total. The van der Waals surface area contributed by atoms with Crippen molar-refractivity contribution < 1.29 is 28.6 Å². The second-order valence-corrected chi connectivity index (χ2v) is 20.2. The fourth-order valence-corrected chi connectivity index (χ4v) is 8.72. The Morgan fingerprint density at radius 1 is 0.300 bits per heavy atom. The first-order chi connectivity index (χ1) is 34.5. The van der Waals surface area contributed by atoms with Crippen LogP contribution in [0.2, 0.25) is 0 Å². The lowest BCUT2D eigenvalue weighted by atomic mass is 10.0. The van der Waals surface area contributed by atoms with Crippen LogP contribution >= 0.6 is 0 Å². The Kier molecular flexibility index (Phi) is 56.3. The lowest BCUT2D eigenvalue weighted by molar-refractivity contribution is -0.167. The van der Waals surface area contributed by atoms with E-state index in [1.54, 1.807) is 0 Å². The van der Waals surface area contributed by atoms with Crippen LogP contribution in [0.5, 0.6) is 0 Å². The molecule has 0 N–H and O–H groups in total. The minimum atomic E-state index is -0.784. The van der Waals surface area contributed by atoms with Gasteiger partial charge in [0, 0.05) is 19.3 Å². The molecule has 0 saturated carbocycles. The fraction of sp³-hybridized carbons (Fsp3) is 0.797. The van der Waals surface area contributed by atoms with E-state index in [2.05, 4.69) is 81.5 Å². The average molecular weight is 980 g/mol. The summed E-state index contributed by atoms with van der Waals surface area (Å²) in [4.78, 5) is 38.2. The molecule has 0 aromatic heterocycles. The Bertz CT molecular complexity index is 1260. The summed E-state index contributed by atoms with van der Waals surface area (Å²) in [5, 5.41) is 0. The van der Waals surface area contributed by atoms with Crippen molar-refractivity contribution in [3.8, 4) is 0 Å². The third kappa shape index (κ3) is 56.0. The first kappa shape index (κ1) is 67.1. The smallest absolute Gasteiger partial charge is 0.306 e. The number of rotatable bonds is 55. The molecule has 0 aliphatic carbocycles. The van der Waals surface area contributed by atoms with Crippen LogP contribution in [0, 0.1) is 0 Å². The zero-order valence-corrected chi connectivity index (χ0v) is 46.5. The number of carbonyl (C=O) groups excluding carboxylic acids is 3. The van der Waals surface area contributed by atoms with E-state index in [-0.39, 0.29) is 31.1 Å². The minimum absolute atomic E-state index is 0.0801. The molecule has 0 aliphatic rings. The van der Waals surface area contributed by atoms with E-state index in [4.69, 9.17) is 14.2 Å². The maximum atomic E-state index is 12.9. The lowest BCUT2D eigenvalue weighted by Crippen LogP contribution is -2.30. The van der Waals surface area contributed by atoms with E-state index in [1.165, 1.54) is 167 Å². The summed E-state index contributed by atoms with van der Waals surface area (Å²) in [6, 6.07) is 0. The summed E-state index contributed by atoms with van der Waals surface area (Å²) in [5.41, 5.74) is 0. The van der Waals surface area contributed by atoms with Crippen LogP contribution in [-0.2, 0) is 28.6 Å². The second-order valence-electron chi connectivity index (χ2n) is 20.2. The fourth-order valence-electron chi connectivity index (χ4n) is 8.72. The van der Waals surface area contributed by atoms with Crippen LogP contribution in [0.1, 0.15) is 310 Å². The van der Waals surface area contributed by atoms with Gasteiger partial charge in [0.25, 0.3) is 0 Å². The van der Waals surface area contributed by atoms with E-state index in [9.17, 15) is 14.4 Å². The van der Waals surface area contributed by atoms with Gasteiger partial charge in [-0.15, -0.1) is 0 Å². The van der Waals surface area contributed by atoms with Gasteiger partial charge in [-0.25, -0.2) is 0 Å². The lowest BCUT2D eigenvalue weighted by Gasteiger charge is -2.18. The monoisotopic (exact) mass is 979 g/mol. The van der Waals surface area contributed by atoms with Crippen LogP contribution in [0.25, 0.3) is 0 Å². The van der Waals surface area contributed by atoms with Crippen molar-refractivity contribution in [1.82, 2.24) is 0 Å². The van der Waals surface area contributed by atoms with Crippen molar-refractivity contribution in [2.45, 2.75) is 316 Å². The number of hydrogen-bond acceptors (Lipinski definition) is 6. The average Bonchev–Trinajstić information content (AvgIpc) is 3.36. The number of hydrogen-bond donors (Lipinski definition) is 0. The van der Waals surface area contributed by atoms with Crippen LogP contribution in [0.3, 0.4) is 0 Å². The van der Waals surface area contributed by atoms with Crippen LogP contribution < -0.4 is 0 Å². The molecular weight excluding hydrogens is 865 g/mol. The molecule has 406 valence electrons. The van der Waals surface area contributed by atoms with Crippen LogP contribution in [-0.4, -0.2) is 37.2 Å². The Hall–Kier alpha value is -2.89. The molecule has 0 aromatic carbocycles. The van der Waals surface area contributed by atoms with Crippen molar-refractivity contribution in [3.63, 3.8) is 0 Å². The maximum Gasteiger partial charge on any atom is 0.306 e. The van der Waals surface area contributed by atoms with Crippen molar-refractivity contribution >= 4 is 17.9 Å². The summed E-state index contributed by atoms with van der Waals surface area (Å²) < 4.78 is 16.9. The molecule has 0 spiro atoms. The SMILES string of the molecule is CC/C=C\C/C=C\C/C=C\CCCCCCCCCC(=O)OC(COC(=O)CCCCCCC/C=C\C/C=C\CCCCC)COC(=O)CCCCCCCCCCCCCCCCCCCCCC. The van der Waals surface area contributed by atoms with Crippen LogP contribution in [0.15, 0.2) is 60.8 Å². The predicted octanol–water partition coefficient (Wildman–Crippen LogP) is 20.4. The molecular formula is C64H114O6. The van der Waals surface area contributed by atoms with E-state index in [1.807, 2.05) is 0 Å². The second kappa shape index (κ2) is 58.7. The van der Waals surface area contributed by atoms with Crippen molar-refractivity contribution in [2.75, 3.05) is 13.2 Å². The summed E-state index contributed by atoms with van der Waals surface area (Å²) in [6.07, 6.45) is 73.6. The maximum absolute atomic E-state index is 12.9. The zero-order chi connectivity index (χ0) is 50.7. The van der Waals surface area contributed by atoms with Gasteiger partial charge in [-0.1, -0.05) is 268 Å². The van der Waals surface area contributed by atoms with Crippen molar-refractivity contribution in [2.24, 2.45) is 0 Å². The summed E-state index contributed by atoms with van der Waals surface area (Å²) >= 11 is 0. The highest BCUT2D eigenvalue weighted by atomic mass is 16.6. The highest BCUT2D eigenvalue weighted by Gasteiger charge is 2.19. The summed E-state index contributed by atoms with van der Waals surface area (Å²) in [7, 11) is 0. The first-order valence-corrected chi connectivity index (χ1v) is 30.3.